The molecule has 0 spiro atoms. The Hall–Kier alpha value is -2.00. The highest BCUT2D eigenvalue weighted by Crippen LogP contribution is 2.20. The number of rotatable bonds is 5. The van der Waals surface area contributed by atoms with Crippen LogP contribution >= 0.6 is 11.6 Å². The minimum atomic E-state index is -0.0114. The first-order valence-electron chi connectivity index (χ1n) is 7.33. The third-order valence-electron chi connectivity index (χ3n) is 3.51. The van der Waals surface area contributed by atoms with Crippen LogP contribution in [-0.2, 0) is 4.79 Å². The molecule has 0 fully saturated rings. The van der Waals surface area contributed by atoms with E-state index >= 15 is 0 Å². The molecule has 0 radical (unpaired) electrons. The maximum absolute atomic E-state index is 12.0. The van der Waals surface area contributed by atoms with Crippen molar-refractivity contribution in [3.8, 4) is 0 Å². The Kier molecular flexibility index (Phi) is 5.45. The van der Waals surface area contributed by atoms with E-state index in [4.69, 9.17) is 11.6 Å². The molecule has 22 heavy (non-hydrogen) atoms. The minimum absolute atomic E-state index is 0.0114. The van der Waals surface area contributed by atoms with Gasteiger partial charge < -0.3 is 10.6 Å². The van der Waals surface area contributed by atoms with Crippen LogP contribution in [0.1, 0.15) is 23.1 Å². The maximum atomic E-state index is 12.0. The molecule has 0 saturated carbocycles. The third kappa shape index (κ3) is 4.50. The predicted octanol–water partition coefficient (Wildman–Crippen LogP) is 4.71. The van der Waals surface area contributed by atoms with Crippen LogP contribution in [0.25, 0.3) is 0 Å². The molecule has 1 amide bonds. The van der Waals surface area contributed by atoms with Crippen molar-refractivity contribution in [1.29, 1.82) is 0 Å². The zero-order valence-electron chi connectivity index (χ0n) is 13.2. The van der Waals surface area contributed by atoms with Gasteiger partial charge in [-0.15, -0.1) is 0 Å². The van der Waals surface area contributed by atoms with Crippen LogP contribution in [0.5, 0.6) is 0 Å². The van der Waals surface area contributed by atoms with E-state index in [1.54, 1.807) is 6.07 Å². The SMILES string of the molecule is Cc1ccc(NCCC(=O)Nc2ccc(Cl)cc2C)c(C)c1. The molecule has 2 N–H and O–H groups in total. The van der Waals surface area contributed by atoms with Crippen LogP contribution in [0, 0.1) is 20.8 Å². The lowest BCUT2D eigenvalue weighted by molar-refractivity contribution is -0.115. The zero-order valence-corrected chi connectivity index (χ0v) is 13.9. The number of amides is 1. The average Bonchev–Trinajstić information content (AvgIpc) is 2.44. The molecule has 0 bridgehead atoms. The summed E-state index contributed by atoms with van der Waals surface area (Å²) in [6.45, 7) is 6.66. The van der Waals surface area contributed by atoms with E-state index in [2.05, 4.69) is 36.6 Å². The van der Waals surface area contributed by atoms with Gasteiger partial charge in [-0.1, -0.05) is 29.3 Å². The van der Waals surface area contributed by atoms with Gasteiger partial charge in [0, 0.05) is 29.4 Å². The monoisotopic (exact) mass is 316 g/mol. The van der Waals surface area contributed by atoms with Crippen LogP contribution in [-0.4, -0.2) is 12.5 Å². The number of benzene rings is 2. The summed E-state index contributed by atoms with van der Waals surface area (Å²) >= 11 is 5.91. The number of halogens is 1. The number of nitrogens with one attached hydrogen (secondary N) is 2. The highest BCUT2D eigenvalue weighted by atomic mass is 35.5. The van der Waals surface area contributed by atoms with Crippen LogP contribution in [0.2, 0.25) is 5.02 Å². The summed E-state index contributed by atoms with van der Waals surface area (Å²) in [7, 11) is 0. The summed E-state index contributed by atoms with van der Waals surface area (Å²) in [4.78, 5) is 12.0. The molecule has 0 unspecified atom stereocenters. The van der Waals surface area contributed by atoms with Gasteiger partial charge >= 0.3 is 0 Å². The molecule has 0 aliphatic heterocycles. The van der Waals surface area contributed by atoms with Gasteiger partial charge in [-0.05, 0) is 56.2 Å². The summed E-state index contributed by atoms with van der Waals surface area (Å²) < 4.78 is 0. The first-order chi connectivity index (χ1) is 10.5. The van der Waals surface area contributed by atoms with E-state index in [1.807, 2.05) is 25.1 Å². The fraction of sp³-hybridized carbons (Fsp3) is 0.278. The Labute approximate surface area is 136 Å². The van der Waals surface area contributed by atoms with Crippen molar-refractivity contribution < 1.29 is 4.79 Å². The lowest BCUT2D eigenvalue weighted by atomic mass is 10.1. The number of hydrogen-bond donors (Lipinski definition) is 2. The van der Waals surface area contributed by atoms with Gasteiger partial charge in [0.05, 0.1) is 0 Å². The summed E-state index contributed by atoms with van der Waals surface area (Å²) in [6.07, 6.45) is 0.412. The summed E-state index contributed by atoms with van der Waals surface area (Å²) in [5, 5.41) is 6.88. The number of hydrogen-bond acceptors (Lipinski definition) is 2. The van der Waals surface area contributed by atoms with Crippen LogP contribution in [0.15, 0.2) is 36.4 Å². The second kappa shape index (κ2) is 7.32. The Morgan fingerprint density at radius 3 is 2.36 bits per heavy atom. The van der Waals surface area contributed by atoms with Crippen molar-refractivity contribution in [3.63, 3.8) is 0 Å². The first-order valence-corrected chi connectivity index (χ1v) is 7.70. The molecule has 0 saturated heterocycles. The largest absolute Gasteiger partial charge is 0.384 e. The van der Waals surface area contributed by atoms with Crippen LogP contribution in [0.4, 0.5) is 11.4 Å². The molecule has 0 atom stereocenters. The predicted molar refractivity (Wildman–Crippen MR) is 93.8 cm³/mol. The van der Waals surface area contributed by atoms with Gasteiger partial charge in [-0.3, -0.25) is 4.79 Å². The molecule has 4 heteroatoms. The maximum Gasteiger partial charge on any atom is 0.226 e. The highest BCUT2D eigenvalue weighted by molar-refractivity contribution is 6.30. The van der Waals surface area contributed by atoms with E-state index in [0.29, 0.717) is 18.0 Å². The molecule has 2 rings (SSSR count). The minimum Gasteiger partial charge on any atom is -0.384 e. The van der Waals surface area contributed by atoms with Crippen molar-refractivity contribution in [2.75, 3.05) is 17.2 Å². The smallest absolute Gasteiger partial charge is 0.226 e. The topological polar surface area (TPSA) is 41.1 Å². The van der Waals surface area contributed by atoms with Crippen LogP contribution in [0.3, 0.4) is 0 Å². The molecule has 0 heterocycles. The molecule has 0 aromatic heterocycles. The van der Waals surface area contributed by atoms with Gasteiger partial charge in [0.15, 0.2) is 0 Å². The summed E-state index contributed by atoms with van der Waals surface area (Å²) in [5.41, 5.74) is 5.26. The Balaban J connectivity index is 1.85. The van der Waals surface area contributed by atoms with E-state index in [-0.39, 0.29) is 5.91 Å². The fourth-order valence-electron chi connectivity index (χ4n) is 2.30. The van der Waals surface area contributed by atoms with Crippen molar-refractivity contribution >= 4 is 28.9 Å². The molecular weight excluding hydrogens is 296 g/mol. The Morgan fingerprint density at radius 1 is 1.00 bits per heavy atom. The summed E-state index contributed by atoms with van der Waals surface area (Å²) in [6, 6.07) is 11.7. The zero-order chi connectivity index (χ0) is 16.1. The van der Waals surface area contributed by atoms with Gasteiger partial charge in [0.25, 0.3) is 0 Å². The van der Waals surface area contributed by atoms with Gasteiger partial charge in [-0.2, -0.15) is 0 Å². The van der Waals surface area contributed by atoms with E-state index in [9.17, 15) is 4.79 Å². The number of anilines is 2. The van der Waals surface area contributed by atoms with E-state index < -0.39 is 0 Å². The lowest BCUT2D eigenvalue weighted by Crippen LogP contribution is -2.17. The second-order valence-electron chi connectivity index (χ2n) is 5.50. The molecule has 0 aliphatic carbocycles. The summed E-state index contributed by atoms with van der Waals surface area (Å²) in [5.74, 6) is -0.0114. The standard InChI is InChI=1S/C18H21ClN2O/c1-12-4-6-16(13(2)10-12)20-9-8-18(22)21-17-7-5-15(19)11-14(17)3/h4-7,10-11,20H,8-9H2,1-3H3,(H,21,22). The van der Waals surface area contributed by atoms with Crippen molar-refractivity contribution in [2.45, 2.75) is 27.2 Å². The first kappa shape index (κ1) is 16.4. The normalized spacial score (nSPS) is 10.4. The lowest BCUT2D eigenvalue weighted by Gasteiger charge is -2.11. The van der Waals surface area contributed by atoms with Gasteiger partial charge in [0.1, 0.15) is 0 Å². The molecule has 2 aromatic rings. The Morgan fingerprint density at radius 2 is 1.68 bits per heavy atom. The number of carbonyl (C=O) groups excluding carboxylic acids is 1. The molecule has 116 valence electrons. The molecule has 2 aromatic carbocycles. The molecule has 0 aliphatic rings. The highest BCUT2D eigenvalue weighted by Gasteiger charge is 2.05. The van der Waals surface area contributed by atoms with Crippen molar-refractivity contribution in [3.05, 3.63) is 58.1 Å². The average molecular weight is 317 g/mol. The van der Waals surface area contributed by atoms with Crippen molar-refractivity contribution in [2.24, 2.45) is 0 Å². The molecular formula is C18H21ClN2O. The second-order valence-corrected chi connectivity index (χ2v) is 5.94. The van der Waals surface area contributed by atoms with E-state index in [0.717, 1.165) is 16.9 Å². The van der Waals surface area contributed by atoms with Crippen LogP contribution < -0.4 is 10.6 Å². The fourth-order valence-corrected chi connectivity index (χ4v) is 2.53. The molecule has 3 nitrogen and oxygen atoms in total. The third-order valence-corrected chi connectivity index (χ3v) is 3.75. The van der Waals surface area contributed by atoms with Gasteiger partial charge in [-0.25, -0.2) is 0 Å². The van der Waals surface area contributed by atoms with Gasteiger partial charge in [0.2, 0.25) is 5.91 Å². The Bertz CT molecular complexity index is 683. The quantitative estimate of drug-likeness (QED) is 0.839. The number of carbonyl (C=O) groups is 1. The number of aryl methyl sites for hydroxylation is 3. The van der Waals surface area contributed by atoms with E-state index in [1.165, 1.54) is 11.1 Å². The van der Waals surface area contributed by atoms with Crippen molar-refractivity contribution in [1.82, 2.24) is 0 Å².